The van der Waals surface area contributed by atoms with Gasteiger partial charge in [0.25, 0.3) is 0 Å². The maximum atomic E-state index is 16.4. The number of para-hydroxylation sites is 4. The Labute approximate surface area is 207 Å². The molecule has 36 heavy (non-hydrogen) atoms. The van der Waals surface area contributed by atoms with Crippen molar-refractivity contribution >= 4 is 23.1 Å². The minimum Gasteiger partial charge on any atom is -0.419 e. The summed E-state index contributed by atoms with van der Waals surface area (Å²) in [5.41, 5.74) is 0. The predicted molar refractivity (Wildman–Crippen MR) is 139 cm³/mol. The Balaban J connectivity index is 1.70. The summed E-state index contributed by atoms with van der Waals surface area (Å²) in [6.45, 7) is 0. The highest BCUT2D eigenvalue weighted by molar-refractivity contribution is 7.78. The summed E-state index contributed by atoms with van der Waals surface area (Å²) in [4.78, 5) is 0. The van der Waals surface area contributed by atoms with Gasteiger partial charge < -0.3 is 18.1 Å². The van der Waals surface area contributed by atoms with Gasteiger partial charge in [-0.2, -0.15) is 0 Å². The Bertz CT molecular complexity index is 1400. The minimum atomic E-state index is -4.73. The Kier molecular flexibility index (Phi) is 6.97. The van der Waals surface area contributed by atoms with Gasteiger partial charge in [-0.1, -0.05) is 72.8 Å². The van der Waals surface area contributed by atoms with Gasteiger partial charge in [0.05, 0.1) is 0 Å². The molecule has 7 nitrogen and oxygen atoms in total. The average molecular weight is 545 g/mol. The lowest BCUT2D eigenvalue weighted by atomic mass is 10.3. The maximum absolute atomic E-state index is 16.4. The molecule has 184 valence electrons. The van der Waals surface area contributed by atoms with E-state index in [0.29, 0.717) is 0 Å². The third-order valence-corrected chi connectivity index (χ3v) is 11.7. The highest BCUT2D eigenvalue weighted by atomic mass is 31.3. The molecule has 0 fully saturated rings. The number of halogens is 2. The Morgan fingerprint density at radius 1 is 0.389 bits per heavy atom. The van der Waals surface area contributed by atoms with Crippen LogP contribution in [0.2, 0.25) is 0 Å². The van der Waals surface area contributed by atoms with Crippen LogP contribution >= 0.6 is 23.1 Å². The van der Waals surface area contributed by atoms with E-state index in [1.54, 1.807) is 97.1 Å². The van der Waals surface area contributed by atoms with Gasteiger partial charge >= 0.3 is 23.1 Å². The topological polar surface area (TPSA) is 74.0 Å². The molecule has 0 aliphatic carbocycles. The lowest BCUT2D eigenvalue weighted by Crippen LogP contribution is -2.04. The normalized spacial score (nSPS) is 22.2. The van der Waals surface area contributed by atoms with Crippen LogP contribution in [0.25, 0.3) is 0 Å². The van der Waals surface area contributed by atoms with Crippen LogP contribution in [-0.4, -0.2) is 0 Å². The smallest absolute Gasteiger partial charge is 0.419 e. The standard InChI is InChI=1S/C24H20F2N3O4P3/c25-34(30-21-13-5-1-6-14-21)27-35(26,31-22-15-7-2-8-16-22)29-36(28-34,32-23-17-9-3-10-18-23)33-24-19-11-4-12-20-24/h1-20H. The van der Waals surface area contributed by atoms with E-state index in [9.17, 15) is 0 Å². The third-order valence-electron chi connectivity index (χ3n) is 4.53. The summed E-state index contributed by atoms with van der Waals surface area (Å²) >= 11 is 0. The van der Waals surface area contributed by atoms with Crippen LogP contribution < -0.4 is 18.1 Å². The summed E-state index contributed by atoms with van der Waals surface area (Å²) in [6, 6.07) is 33.0. The zero-order valence-electron chi connectivity index (χ0n) is 18.6. The molecule has 2 unspecified atom stereocenters. The fourth-order valence-corrected chi connectivity index (χ4v) is 10.6. The van der Waals surface area contributed by atoms with E-state index in [1.807, 2.05) is 0 Å². The third kappa shape index (κ3) is 6.06. The van der Waals surface area contributed by atoms with Crippen molar-refractivity contribution in [3.63, 3.8) is 0 Å². The Morgan fingerprint density at radius 2 is 0.694 bits per heavy atom. The summed E-state index contributed by atoms with van der Waals surface area (Å²) < 4.78 is 67.9. The molecule has 4 aromatic rings. The molecule has 4 aromatic carbocycles. The van der Waals surface area contributed by atoms with Crippen LogP contribution in [0, 0.1) is 0 Å². The average Bonchev–Trinajstić information content (AvgIpc) is 2.85. The number of rotatable bonds is 8. The first-order chi connectivity index (χ1) is 17.4. The van der Waals surface area contributed by atoms with E-state index in [4.69, 9.17) is 18.1 Å². The van der Waals surface area contributed by atoms with Crippen LogP contribution in [0.5, 0.6) is 23.0 Å². The Morgan fingerprint density at radius 3 is 1.06 bits per heavy atom. The molecule has 0 amide bonds. The molecule has 1 aliphatic heterocycles. The van der Waals surface area contributed by atoms with Gasteiger partial charge in [-0.05, 0) is 48.5 Å². The van der Waals surface area contributed by atoms with Crippen molar-refractivity contribution in [1.29, 1.82) is 0 Å². The number of hydrogen-bond donors (Lipinski definition) is 0. The SMILES string of the molecule is FP1(Oc2ccccc2)=NP(F)(Oc2ccccc2)=NP(Oc2ccccc2)(Oc2ccccc2)=N1. The van der Waals surface area contributed by atoms with Gasteiger partial charge in [-0.25, -0.2) is 0 Å². The molecule has 0 saturated heterocycles. The molecule has 5 rings (SSSR count). The van der Waals surface area contributed by atoms with Gasteiger partial charge in [0.1, 0.15) is 23.0 Å². The number of benzene rings is 4. The van der Waals surface area contributed by atoms with Crippen LogP contribution in [0.4, 0.5) is 8.39 Å². The summed E-state index contributed by atoms with van der Waals surface area (Å²) in [5.74, 6) is 0.750. The van der Waals surface area contributed by atoms with E-state index >= 15 is 8.39 Å². The van der Waals surface area contributed by atoms with Crippen LogP contribution in [-0.2, 0) is 0 Å². The van der Waals surface area contributed by atoms with Gasteiger partial charge in [0.15, 0.2) is 0 Å². The lowest BCUT2D eigenvalue weighted by Gasteiger charge is -2.28. The molecule has 2 atom stereocenters. The van der Waals surface area contributed by atoms with Crippen molar-refractivity contribution < 1.29 is 26.5 Å². The minimum absolute atomic E-state index is 0.117. The molecule has 0 bridgehead atoms. The molecule has 1 aliphatic rings. The first-order valence-electron chi connectivity index (χ1n) is 10.7. The van der Waals surface area contributed by atoms with E-state index in [1.165, 1.54) is 24.3 Å². The largest absolute Gasteiger partial charge is 0.459 e. The van der Waals surface area contributed by atoms with Crippen molar-refractivity contribution in [3.8, 4) is 23.0 Å². The maximum Gasteiger partial charge on any atom is 0.459 e. The molecule has 1 heterocycles. The zero-order chi connectivity index (χ0) is 24.9. The number of hydrogen-bond acceptors (Lipinski definition) is 7. The predicted octanol–water partition coefficient (Wildman–Crippen LogP) is 10.1. The van der Waals surface area contributed by atoms with Crippen LogP contribution in [0.15, 0.2) is 135 Å². The van der Waals surface area contributed by atoms with Gasteiger partial charge in [-0.15, -0.1) is 21.9 Å². The molecule has 0 spiro atoms. The van der Waals surface area contributed by atoms with Crippen molar-refractivity contribution in [3.05, 3.63) is 121 Å². The van der Waals surface area contributed by atoms with Gasteiger partial charge in [0.2, 0.25) is 0 Å². The quantitative estimate of drug-likeness (QED) is 0.207. The van der Waals surface area contributed by atoms with Gasteiger partial charge in [0, 0.05) is 0 Å². The van der Waals surface area contributed by atoms with Crippen molar-refractivity contribution in [2.24, 2.45) is 13.5 Å². The van der Waals surface area contributed by atoms with E-state index in [0.717, 1.165) is 0 Å². The monoisotopic (exact) mass is 545 g/mol. The highest BCUT2D eigenvalue weighted by Crippen LogP contribution is 2.79. The van der Waals surface area contributed by atoms with Gasteiger partial charge in [-0.3, -0.25) is 0 Å². The molecule has 0 N–H and O–H groups in total. The second-order valence-electron chi connectivity index (χ2n) is 7.32. The second-order valence-corrected chi connectivity index (χ2v) is 13.1. The zero-order valence-corrected chi connectivity index (χ0v) is 21.3. The molecule has 0 aromatic heterocycles. The molecule has 0 saturated carbocycles. The molecular formula is C24H20F2N3O4P3. The summed E-state index contributed by atoms with van der Waals surface area (Å²) in [6.07, 6.45) is 0. The van der Waals surface area contributed by atoms with Crippen molar-refractivity contribution in [2.75, 3.05) is 0 Å². The second kappa shape index (κ2) is 10.3. The number of nitrogens with zero attached hydrogens (tertiary/aromatic N) is 3. The molecule has 12 heteroatoms. The van der Waals surface area contributed by atoms with Crippen LogP contribution in [0.1, 0.15) is 0 Å². The van der Waals surface area contributed by atoms with E-state index < -0.39 is 23.1 Å². The summed E-state index contributed by atoms with van der Waals surface area (Å²) in [7, 11) is -13.6. The molecular weight excluding hydrogens is 525 g/mol. The van der Waals surface area contributed by atoms with E-state index in [-0.39, 0.29) is 23.0 Å². The van der Waals surface area contributed by atoms with Crippen molar-refractivity contribution in [1.82, 2.24) is 0 Å². The van der Waals surface area contributed by atoms with E-state index in [2.05, 4.69) is 13.5 Å². The Hall–Kier alpha value is -3.37. The van der Waals surface area contributed by atoms with Crippen LogP contribution in [0.3, 0.4) is 0 Å². The highest BCUT2D eigenvalue weighted by Gasteiger charge is 2.45. The fraction of sp³-hybridized carbons (Fsp3) is 0. The molecule has 0 radical (unpaired) electrons. The fourth-order valence-electron chi connectivity index (χ4n) is 3.10. The summed E-state index contributed by atoms with van der Waals surface area (Å²) in [5, 5.41) is 0. The first kappa shape index (κ1) is 24.3. The van der Waals surface area contributed by atoms with Crippen molar-refractivity contribution in [2.45, 2.75) is 0 Å². The first-order valence-corrected chi connectivity index (χ1v) is 15.3. The lowest BCUT2D eigenvalue weighted by molar-refractivity contribution is 0.469.